The molecule has 1 heterocycles. The Balaban J connectivity index is 2.07. The molecule has 3 N–H and O–H groups in total. The van der Waals surface area contributed by atoms with Crippen LogP contribution in [0, 0.1) is 6.92 Å². The largest absolute Gasteiger partial charge is 0.389 e. The van der Waals surface area contributed by atoms with E-state index >= 15 is 0 Å². The van der Waals surface area contributed by atoms with E-state index in [0.717, 1.165) is 29.2 Å². The average molecular weight is 306 g/mol. The number of nitrogens with zero attached hydrogens (tertiary/aromatic N) is 2. The van der Waals surface area contributed by atoms with Crippen LogP contribution in [0.3, 0.4) is 0 Å². The molecule has 0 unspecified atom stereocenters. The van der Waals surface area contributed by atoms with Gasteiger partial charge in [-0.1, -0.05) is 18.3 Å². The molecular weight excluding hydrogens is 288 g/mol. The maximum atomic E-state index is 5.84. The normalized spacial score (nSPS) is 10.5. The number of anilines is 1. The third-order valence-corrected chi connectivity index (χ3v) is 3.90. The Morgan fingerprint density at radius 1 is 1.50 bits per heavy atom. The summed E-state index contributed by atoms with van der Waals surface area (Å²) in [6.45, 7) is 3.60. The fourth-order valence-electron chi connectivity index (χ4n) is 2.00. The van der Waals surface area contributed by atoms with Crippen LogP contribution < -0.4 is 11.1 Å². The predicted molar refractivity (Wildman–Crippen MR) is 89.6 cm³/mol. The van der Waals surface area contributed by atoms with E-state index in [1.54, 1.807) is 11.8 Å². The average Bonchev–Trinajstić information content (AvgIpc) is 2.83. The first-order valence-corrected chi connectivity index (χ1v) is 7.95. The van der Waals surface area contributed by atoms with Crippen LogP contribution in [0.2, 0.25) is 0 Å². The third-order valence-electron chi connectivity index (χ3n) is 2.91. The van der Waals surface area contributed by atoms with Gasteiger partial charge in [-0.2, -0.15) is 5.10 Å². The van der Waals surface area contributed by atoms with Gasteiger partial charge in [0.1, 0.15) is 4.99 Å². The molecule has 0 fully saturated rings. The van der Waals surface area contributed by atoms with Crippen LogP contribution in [0.5, 0.6) is 0 Å². The number of thioether (sulfide) groups is 1. The lowest BCUT2D eigenvalue weighted by Gasteiger charge is -2.14. The van der Waals surface area contributed by atoms with Crippen molar-refractivity contribution < 1.29 is 0 Å². The van der Waals surface area contributed by atoms with Crippen molar-refractivity contribution in [1.82, 2.24) is 9.78 Å². The van der Waals surface area contributed by atoms with Gasteiger partial charge in [-0.3, -0.25) is 4.68 Å². The molecule has 1 aromatic heterocycles. The van der Waals surface area contributed by atoms with Gasteiger partial charge in [0.2, 0.25) is 0 Å². The lowest BCUT2D eigenvalue weighted by atomic mass is 10.1. The molecule has 20 heavy (non-hydrogen) atoms. The Morgan fingerprint density at radius 3 is 2.90 bits per heavy atom. The standard InChI is InChI=1S/C14H18N4S2/c1-10-8-17-18(9-10)7-6-16-11-4-3-5-12(20-2)13(11)14(15)19/h3-5,8-9,16H,6-7H2,1-2H3,(H2,15,19). The first-order valence-electron chi connectivity index (χ1n) is 6.31. The van der Waals surface area contributed by atoms with Crippen LogP contribution in [-0.4, -0.2) is 27.6 Å². The first-order chi connectivity index (χ1) is 9.61. The van der Waals surface area contributed by atoms with E-state index in [-0.39, 0.29) is 0 Å². The molecule has 2 rings (SSSR count). The van der Waals surface area contributed by atoms with E-state index in [1.807, 2.05) is 48.5 Å². The van der Waals surface area contributed by atoms with Crippen molar-refractivity contribution >= 4 is 34.7 Å². The van der Waals surface area contributed by atoms with Gasteiger partial charge in [-0.15, -0.1) is 11.8 Å². The number of nitrogens with one attached hydrogen (secondary N) is 1. The van der Waals surface area contributed by atoms with Gasteiger partial charge in [-0.25, -0.2) is 0 Å². The molecule has 4 nitrogen and oxygen atoms in total. The highest BCUT2D eigenvalue weighted by Gasteiger charge is 2.10. The molecule has 2 aromatic rings. The Labute approximate surface area is 128 Å². The zero-order chi connectivity index (χ0) is 14.5. The first kappa shape index (κ1) is 14.9. The van der Waals surface area contributed by atoms with Crippen molar-refractivity contribution in [2.45, 2.75) is 18.4 Å². The lowest BCUT2D eigenvalue weighted by Crippen LogP contribution is -2.17. The molecule has 0 aliphatic carbocycles. The summed E-state index contributed by atoms with van der Waals surface area (Å²) >= 11 is 6.80. The summed E-state index contributed by atoms with van der Waals surface area (Å²) in [5, 5.41) is 7.65. The van der Waals surface area contributed by atoms with Crippen molar-refractivity contribution in [3.05, 3.63) is 41.7 Å². The second kappa shape index (κ2) is 6.76. The molecule has 0 aliphatic heterocycles. The van der Waals surface area contributed by atoms with Crippen LogP contribution in [0.25, 0.3) is 0 Å². The molecule has 0 aliphatic rings. The molecule has 0 bridgehead atoms. The summed E-state index contributed by atoms with van der Waals surface area (Å²) in [5.41, 5.74) is 8.91. The van der Waals surface area contributed by atoms with Gasteiger partial charge < -0.3 is 11.1 Å². The summed E-state index contributed by atoms with van der Waals surface area (Å²) in [7, 11) is 0. The van der Waals surface area contributed by atoms with E-state index in [9.17, 15) is 0 Å². The maximum Gasteiger partial charge on any atom is 0.107 e. The molecule has 0 saturated carbocycles. The predicted octanol–water partition coefficient (Wildman–Crippen LogP) is 2.66. The molecule has 0 amide bonds. The number of aryl methyl sites for hydroxylation is 1. The van der Waals surface area contributed by atoms with Crippen LogP contribution >= 0.6 is 24.0 Å². The summed E-state index contributed by atoms with van der Waals surface area (Å²) in [4.78, 5) is 1.52. The van der Waals surface area contributed by atoms with Crippen molar-refractivity contribution in [2.24, 2.45) is 5.73 Å². The molecule has 0 spiro atoms. The van der Waals surface area contributed by atoms with Gasteiger partial charge in [0, 0.05) is 28.9 Å². The van der Waals surface area contributed by atoms with E-state index in [1.165, 1.54) is 5.56 Å². The number of nitrogens with two attached hydrogens (primary N) is 1. The Bertz CT molecular complexity index is 607. The smallest absolute Gasteiger partial charge is 0.107 e. The quantitative estimate of drug-likeness (QED) is 0.635. The molecule has 6 heteroatoms. The Morgan fingerprint density at radius 2 is 2.30 bits per heavy atom. The fraction of sp³-hybridized carbons (Fsp3) is 0.286. The van der Waals surface area contributed by atoms with E-state index in [0.29, 0.717) is 4.99 Å². The number of aromatic nitrogens is 2. The zero-order valence-corrected chi connectivity index (χ0v) is 13.2. The molecule has 0 saturated heterocycles. The fourth-order valence-corrected chi connectivity index (χ4v) is 2.92. The van der Waals surface area contributed by atoms with Crippen LogP contribution in [0.4, 0.5) is 5.69 Å². The molecule has 0 atom stereocenters. The minimum Gasteiger partial charge on any atom is -0.389 e. The number of benzene rings is 1. The van der Waals surface area contributed by atoms with Gasteiger partial charge in [0.05, 0.1) is 12.7 Å². The molecule has 1 aromatic carbocycles. The van der Waals surface area contributed by atoms with E-state index < -0.39 is 0 Å². The monoisotopic (exact) mass is 306 g/mol. The second-order valence-electron chi connectivity index (χ2n) is 4.45. The SMILES string of the molecule is CSc1cccc(NCCn2cc(C)cn2)c1C(N)=S. The number of rotatable bonds is 6. The lowest BCUT2D eigenvalue weighted by molar-refractivity contribution is 0.637. The highest BCUT2D eigenvalue weighted by Crippen LogP contribution is 2.26. The van der Waals surface area contributed by atoms with E-state index in [2.05, 4.69) is 10.4 Å². The number of thiocarbonyl (C=S) groups is 1. The van der Waals surface area contributed by atoms with Crippen molar-refractivity contribution in [3.8, 4) is 0 Å². The molecule has 0 radical (unpaired) electrons. The van der Waals surface area contributed by atoms with Crippen LogP contribution in [0.15, 0.2) is 35.5 Å². The van der Waals surface area contributed by atoms with Gasteiger partial charge in [-0.05, 0) is 30.9 Å². The summed E-state index contributed by atoms with van der Waals surface area (Å²) in [6, 6.07) is 6.04. The topological polar surface area (TPSA) is 55.9 Å². The van der Waals surface area contributed by atoms with Crippen LogP contribution in [0.1, 0.15) is 11.1 Å². The van der Waals surface area contributed by atoms with Gasteiger partial charge >= 0.3 is 0 Å². The third kappa shape index (κ3) is 3.52. The highest BCUT2D eigenvalue weighted by molar-refractivity contribution is 7.98. The second-order valence-corrected chi connectivity index (χ2v) is 5.74. The molecule has 106 valence electrons. The molecular formula is C14H18N4S2. The van der Waals surface area contributed by atoms with Crippen LogP contribution in [-0.2, 0) is 6.54 Å². The number of hydrogen-bond donors (Lipinski definition) is 2. The maximum absolute atomic E-state index is 5.84. The van der Waals surface area contributed by atoms with Crippen molar-refractivity contribution in [3.63, 3.8) is 0 Å². The van der Waals surface area contributed by atoms with Gasteiger partial charge in [0.25, 0.3) is 0 Å². The summed E-state index contributed by atoms with van der Waals surface area (Å²) in [5.74, 6) is 0. The number of hydrogen-bond acceptors (Lipinski definition) is 4. The minimum absolute atomic E-state index is 0.424. The van der Waals surface area contributed by atoms with E-state index in [4.69, 9.17) is 18.0 Å². The van der Waals surface area contributed by atoms with Crippen molar-refractivity contribution in [1.29, 1.82) is 0 Å². The van der Waals surface area contributed by atoms with Crippen molar-refractivity contribution in [2.75, 3.05) is 18.1 Å². The summed E-state index contributed by atoms with van der Waals surface area (Å²) in [6.07, 6.45) is 5.90. The summed E-state index contributed by atoms with van der Waals surface area (Å²) < 4.78 is 1.92. The Hall–Kier alpha value is -1.53. The Kier molecular flexibility index (Phi) is 5.03. The van der Waals surface area contributed by atoms with Gasteiger partial charge in [0.15, 0.2) is 0 Å². The minimum atomic E-state index is 0.424. The highest BCUT2D eigenvalue weighted by atomic mass is 32.2. The zero-order valence-electron chi connectivity index (χ0n) is 11.6.